The van der Waals surface area contributed by atoms with Crippen LogP contribution in [0.15, 0.2) is 6.07 Å². The molecule has 1 aromatic rings. The first-order chi connectivity index (χ1) is 7.02. The lowest BCUT2D eigenvalue weighted by atomic mass is 10.0. The normalized spacial score (nSPS) is 12.6. The predicted molar refractivity (Wildman–Crippen MR) is 58.4 cm³/mol. The van der Waals surface area contributed by atoms with E-state index in [1.54, 1.807) is 6.92 Å². The molecular formula is C10H14ClNO3. The molecule has 0 aliphatic rings. The van der Waals surface area contributed by atoms with Gasteiger partial charge >= 0.3 is 0 Å². The highest BCUT2D eigenvalue weighted by molar-refractivity contribution is 6.31. The number of benzene rings is 1. The summed E-state index contributed by atoms with van der Waals surface area (Å²) in [6.07, 6.45) is -0.947. The monoisotopic (exact) mass is 231 g/mol. The van der Waals surface area contributed by atoms with Gasteiger partial charge in [-0.2, -0.15) is 0 Å². The van der Waals surface area contributed by atoms with Crippen LogP contribution in [0, 0.1) is 6.92 Å². The minimum Gasteiger partial charge on any atom is -0.504 e. The van der Waals surface area contributed by atoms with E-state index in [1.165, 1.54) is 13.2 Å². The van der Waals surface area contributed by atoms with E-state index in [4.69, 9.17) is 22.1 Å². The zero-order chi connectivity index (χ0) is 11.6. The molecule has 0 fully saturated rings. The molecule has 1 aromatic carbocycles. The molecule has 15 heavy (non-hydrogen) atoms. The van der Waals surface area contributed by atoms with Crippen molar-refractivity contribution in [3.63, 3.8) is 0 Å². The molecule has 0 spiro atoms. The van der Waals surface area contributed by atoms with Crippen LogP contribution in [0.3, 0.4) is 0 Å². The minimum absolute atomic E-state index is 0.0118. The lowest BCUT2D eigenvalue weighted by Gasteiger charge is -2.17. The van der Waals surface area contributed by atoms with Crippen LogP contribution in [-0.4, -0.2) is 23.9 Å². The average Bonchev–Trinajstić information content (AvgIpc) is 2.23. The van der Waals surface area contributed by atoms with Gasteiger partial charge in [-0.15, -0.1) is 0 Å². The van der Waals surface area contributed by atoms with E-state index in [0.717, 1.165) is 0 Å². The lowest BCUT2D eigenvalue weighted by Crippen LogP contribution is -2.13. The van der Waals surface area contributed by atoms with Crippen LogP contribution < -0.4 is 10.5 Å². The molecule has 1 rings (SSSR count). The van der Waals surface area contributed by atoms with E-state index in [9.17, 15) is 10.2 Å². The van der Waals surface area contributed by atoms with Crippen LogP contribution in [0.5, 0.6) is 11.5 Å². The van der Waals surface area contributed by atoms with Gasteiger partial charge in [0.25, 0.3) is 0 Å². The molecule has 0 aliphatic carbocycles. The molecule has 84 valence electrons. The van der Waals surface area contributed by atoms with Gasteiger partial charge in [0.2, 0.25) is 0 Å². The van der Waals surface area contributed by atoms with Crippen molar-refractivity contribution in [2.45, 2.75) is 13.0 Å². The van der Waals surface area contributed by atoms with Crippen molar-refractivity contribution in [2.75, 3.05) is 13.7 Å². The molecule has 0 saturated carbocycles. The smallest absolute Gasteiger partial charge is 0.163 e. The summed E-state index contributed by atoms with van der Waals surface area (Å²) in [5.74, 6) is 0.116. The summed E-state index contributed by atoms with van der Waals surface area (Å²) in [4.78, 5) is 0. The Morgan fingerprint density at radius 2 is 2.20 bits per heavy atom. The van der Waals surface area contributed by atoms with Gasteiger partial charge in [-0.05, 0) is 12.5 Å². The van der Waals surface area contributed by atoms with Crippen molar-refractivity contribution in [2.24, 2.45) is 5.73 Å². The first-order valence-electron chi connectivity index (χ1n) is 4.47. The van der Waals surface area contributed by atoms with E-state index >= 15 is 0 Å². The quantitative estimate of drug-likeness (QED) is 0.734. The van der Waals surface area contributed by atoms with E-state index < -0.39 is 6.10 Å². The lowest BCUT2D eigenvalue weighted by molar-refractivity contribution is 0.181. The highest BCUT2D eigenvalue weighted by Gasteiger charge is 2.19. The summed E-state index contributed by atoms with van der Waals surface area (Å²) in [7, 11) is 1.42. The molecule has 0 saturated heterocycles. The third-order valence-corrected chi connectivity index (χ3v) is 2.68. The molecule has 0 radical (unpaired) electrons. The molecule has 0 aromatic heterocycles. The van der Waals surface area contributed by atoms with E-state index in [-0.39, 0.29) is 18.0 Å². The van der Waals surface area contributed by atoms with Gasteiger partial charge in [-0.25, -0.2) is 0 Å². The third kappa shape index (κ3) is 2.17. The Kier molecular flexibility index (Phi) is 3.79. The molecule has 0 bridgehead atoms. The maximum Gasteiger partial charge on any atom is 0.163 e. The first-order valence-corrected chi connectivity index (χ1v) is 4.84. The molecule has 4 N–H and O–H groups in total. The van der Waals surface area contributed by atoms with E-state index in [1.807, 2.05) is 0 Å². The maximum atomic E-state index is 9.80. The molecule has 5 heteroatoms. The van der Waals surface area contributed by atoms with Gasteiger partial charge in [0.1, 0.15) is 0 Å². The molecule has 4 nitrogen and oxygen atoms in total. The van der Waals surface area contributed by atoms with Crippen molar-refractivity contribution >= 4 is 11.6 Å². The Hall–Kier alpha value is -0.970. The number of nitrogens with two attached hydrogens (primary N) is 1. The van der Waals surface area contributed by atoms with Gasteiger partial charge in [-0.1, -0.05) is 11.6 Å². The van der Waals surface area contributed by atoms with E-state index in [0.29, 0.717) is 16.1 Å². The number of halogens is 1. The zero-order valence-electron chi connectivity index (χ0n) is 8.62. The Morgan fingerprint density at radius 1 is 1.60 bits per heavy atom. The number of hydrogen-bond acceptors (Lipinski definition) is 4. The summed E-state index contributed by atoms with van der Waals surface area (Å²) in [6.45, 7) is 1.72. The Bertz CT molecular complexity index is 368. The van der Waals surface area contributed by atoms with Crippen LogP contribution in [0.4, 0.5) is 0 Å². The number of aliphatic hydroxyl groups is 1. The van der Waals surface area contributed by atoms with Crippen molar-refractivity contribution in [1.29, 1.82) is 0 Å². The molecule has 1 unspecified atom stereocenters. The van der Waals surface area contributed by atoms with Gasteiger partial charge in [0.15, 0.2) is 11.5 Å². The maximum absolute atomic E-state index is 9.80. The molecule has 1 atom stereocenters. The van der Waals surface area contributed by atoms with Crippen molar-refractivity contribution in [3.8, 4) is 11.5 Å². The van der Waals surface area contributed by atoms with Crippen LogP contribution in [0.25, 0.3) is 0 Å². The van der Waals surface area contributed by atoms with Gasteiger partial charge in [-0.3, -0.25) is 0 Å². The standard InChI is InChI=1S/C10H14ClNO3/c1-5-6(11)3-8(15-2)10(14)9(5)7(13)4-12/h3,7,13-14H,4,12H2,1-2H3. The van der Waals surface area contributed by atoms with Crippen LogP contribution in [0.1, 0.15) is 17.2 Å². The number of rotatable bonds is 3. The number of ether oxygens (including phenoxy) is 1. The molecular weight excluding hydrogens is 218 g/mol. The fraction of sp³-hybridized carbons (Fsp3) is 0.400. The minimum atomic E-state index is -0.947. The fourth-order valence-electron chi connectivity index (χ4n) is 1.41. The van der Waals surface area contributed by atoms with Crippen LogP contribution >= 0.6 is 11.6 Å². The number of aromatic hydroxyl groups is 1. The zero-order valence-corrected chi connectivity index (χ0v) is 9.38. The second kappa shape index (κ2) is 4.70. The number of methoxy groups -OCH3 is 1. The largest absolute Gasteiger partial charge is 0.504 e. The summed E-state index contributed by atoms with van der Waals surface area (Å²) in [6, 6.07) is 1.50. The Morgan fingerprint density at radius 3 is 2.67 bits per heavy atom. The topological polar surface area (TPSA) is 75.7 Å². The fourth-order valence-corrected chi connectivity index (χ4v) is 1.61. The van der Waals surface area contributed by atoms with E-state index in [2.05, 4.69) is 0 Å². The summed E-state index contributed by atoms with van der Waals surface area (Å²) < 4.78 is 4.93. The second-order valence-electron chi connectivity index (χ2n) is 3.20. The number of phenolic OH excluding ortho intramolecular Hbond substituents is 1. The van der Waals surface area contributed by atoms with Crippen LogP contribution in [-0.2, 0) is 0 Å². The Balaban J connectivity index is 3.40. The summed E-state index contributed by atoms with van der Waals surface area (Å²) in [5.41, 5.74) is 6.26. The van der Waals surface area contributed by atoms with Crippen LogP contribution in [0.2, 0.25) is 5.02 Å². The van der Waals surface area contributed by atoms with Gasteiger partial charge in [0, 0.05) is 23.2 Å². The summed E-state index contributed by atoms with van der Waals surface area (Å²) >= 11 is 5.93. The van der Waals surface area contributed by atoms with Crippen molar-refractivity contribution < 1.29 is 14.9 Å². The highest BCUT2D eigenvalue weighted by Crippen LogP contribution is 2.39. The average molecular weight is 232 g/mol. The van der Waals surface area contributed by atoms with Crippen molar-refractivity contribution in [1.82, 2.24) is 0 Å². The first kappa shape index (κ1) is 12.1. The molecule has 0 heterocycles. The SMILES string of the molecule is COc1cc(Cl)c(C)c(C(O)CN)c1O. The number of aliphatic hydroxyl groups excluding tert-OH is 1. The highest BCUT2D eigenvalue weighted by atomic mass is 35.5. The molecule has 0 aliphatic heterocycles. The number of phenols is 1. The summed E-state index contributed by atoms with van der Waals surface area (Å²) in [5, 5.41) is 19.9. The van der Waals surface area contributed by atoms with Crippen molar-refractivity contribution in [3.05, 3.63) is 22.2 Å². The van der Waals surface area contributed by atoms with Gasteiger partial charge in [0.05, 0.1) is 13.2 Å². The number of hydrogen-bond donors (Lipinski definition) is 3. The van der Waals surface area contributed by atoms with Gasteiger partial charge < -0.3 is 20.7 Å². The second-order valence-corrected chi connectivity index (χ2v) is 3.61. The Labute approximate surface area is 93.2 Å². The molecule has 0 amide bonds. The third-order valence-electron chi connectivity index (χ3n) is 2.28. The predicted octanol–water partition coefficient (Wildman–Crippen LogP) is 1.35.